The predicted octanol–water partition coefficient (Wildman–Crippen LogP) is 0.874. The fourth-order valence-electron chi connectivity index (χ4n) is 2.14. The Labute approximate surface area is 129 Å². The molecule has 0 heterocycles. The summed E-state index contributed by atoms with van der Waals surface area (Å²) in [5.41, 5.74) is 0.484. The molecule has 0 radical (unpaired) electrons. The lowest BCUT2D eigenvalue weighted by Gasteiger charge is -2.16. The van der Waals surface area contributed by atoms with Crippen molar-refractivity contribution in [3.05, 3.63) is 35.9 Å². The number of nitrogens with one attached hydrogen (secondary N) is 2. The molecule has 1 fully saturated rings. The second-order valence-electron chi connectivity index (χ2n) is 5.37. The number of methoxy groups -OCH3 is 1. The highest BCUT2D eigenvalue weighted by atomic mass is 16.5. The Balaban J connectivity index is 1.80. The number of carbonyl (C=O) groups is 3. The number of amides is 2. The summed E-state index contributed by atoms with van der Waals surface area (Å²) in [4.78, 5) is 35.4. The van der Waals surface area contributed by atoms with Crippen LogP contribution in [0.25, 0.3) is 0 Å². The van der Waals surface area contributed by atoms with Gasteiger partial charge in [0.05, 0.1) is 13.7 Å². The summed E-state index contributed by atoms with van der Waals surface area (Å²) in [6.45, 7) is -0.175. The standard InChI is InChI=1S/C16H20N2O4/c1-22-16(21)13(9-11-7-8-11)18-14(19)10-17-15(20)12-5-3-2-4-6-12/h2-6,11,13H,7-10H2,1H3,(H,17,20)(H,18,19)/t13-/m1/s1. The summed E-state index contributed by atoms with van der Waals surface area (Å²) < 4.78 is 4.70. The van der Waals surface area contributed by atoms with E-state index in [9.17, 15) is 14.4 Å². The first-order valence-electron chi connectivity index (χ1n) is 7.30. The first kappa shape index (κ1) is 16.0. The minimum Gasteiger partial charge on any atom is -0.467 e. The van der Waals surface area contributed by atoms with E-state index in [0.29, 0.717) is 17.9 Å². The molecule has 1 aliphatic carbocycles. The maximum absolute atomic E-state index is 11.9. The van der Waals surface area contributed by atoms with Crippen LogP contribution in [-0.2, 0) is 14.3 Å². The van der Waals surface area contributed by atoms with E-state index in [1.54, 1.807) is 24.3 Å². The van der Waals surface area contributed by atoms with Crippen molar-refractivity contribution < 1.29 is 19.1 Å². The molecule has 0 aliphatic heterocycles. The second kappa shape index (κ2) is 7.59. The van der Waals surface area contributed by atoms with E-state index in [2.05, 4.69) is 10.6 Å². The Morgan fingerprint density at radius 1 is 1.23 bits per heavy atom. The highest BCUT2D eigenvalue weighted by Gasteiger charge is 2.30. The highest BCUT2D eigenvalue weighted by Crippen LogP contribution is 2.33. The molecule has 22 heavy (non-hydrogen) atoms. The van der Waals surface area contributed by atoms with Crippen LogP contribution in [0, 0.1) is 5.92 Å². The van der Waals surface area contributed by atoms with Gasteiger partial charge in [-0.15, -0.1) is 0 Å². The van der Waals surface area contributed by atoms with Crippen molar-refractivity contribution in [3.63, 3.8) is 0 Å². The number of hydrogen-bond acceptors (Lipinski definition) is 4. The van der Waals surface area contributed by atoms with Gasteiger partial charge in [-0.25, -0.2) is 4.79 Å². The average molecular weight is 304 g/mol. The van der Waals surface area contributed by atoms with Crippen LogP contribution in [0.4, 0.5) is 0 Å². The Bertz CT molecular complexity index is 540. The van der Waals surface area contributed by atoms with Crippen molar-refractivity contribution >= 4 is 17.8 Å². The van der Waals surface area contributed by atoms with Gasteiger partial charge >= 0.3 is 5.97 Å². The zero-order chi connectivity index (χ0) is 15.9. The third-order valence-electron chi connectivity index (χ3n) is 3.53. The monoisotopic (exact) mass is 304 g/mol. The summed E-state index contributed by atoms with van der Waals surface area (Å²) in [7, 11) is 1.30. The smallest absolute Gasteiger partial charge is 0.328 e. The van der Waals surface area contributed by atoms with E-state index in [1.165, 1.54) is 7.11 Å². The number of benzene rings is 1. The average Bonchev–Trinajstić information content (AvgIpc) is 3.36. The van der Waals surface area contributed by atoms with Crippen LogP contribution in [0.3, 0.4) is 0 Å². The molecule has 1 atom stereocenters. The molecule has 0 bridgehead atoms. The summed E-state index contributed by atoms with van der Waals surface area (Å²) in [6.07, 6.45) is 2.74. The molecule has 0 aromatic heterocycles. The minimum atomic E-state index is -0.640. The molecule has 6 heteroatoms. The first-order valence-corrected chi connectivity index (χ1v) is 7.30. The van der Waals surface area contributed by atoms with E-state index >= 15 is 0 Å². The van der Waals surface area contributed by atoms with Crippen LogP contribution in [0.1, 0.15) is 29.6 Å². The van der Waals surface area contributed by atoms with Gasteiger partial charge < -0.3 is 15.4 Å². The van der Waals surface area contributed by atoms with E-state index in [4.69, 9.17) is 4.74 Å². The predicted molar refractivity (Wildman–Crippen MR) is 80.1 cm³/mol. The summed E-state index contributed by atoms with van der Waals surface area (Å²) >= 11 is 0. The third-order valence-corrected chi connectivity index (χ3v) is 3.53. The number of carbonyl (C=O) groups excluding carboxylic acids is 3. The fourth-order valence-corrected chi connectivity index (χ4v) is 2.14. The summed E-state index contributed by atoms with van der Waals surface area (Å²) in [5, 5.41) is 5.14. The van der Waals surface area contributed by atoms with E-state index < -0.39 is 17.9 Å². The Morgan fingerprint density at radius 2 is 1.91 bits per heavy atom. The lowest BCUT2D eigenvalue weighted by Crippen LogP contribution is -2.46. The molecule has 1 aliphatic rings. The topological polar surface area (TPSA) is 84.5 Å². The zero-order valence-corrected chi connectivity index (χ0v) is 12.5. The molecule has 2 rings (SSSR count). The molecule has 118 valence electrons. The largest absolute Gasteiger partial charge is 0.467 e. The van der Waals surface area contributed by atoms with Crippen LogP contribution in [-0.4, -0.2) is 37.5 Å². The van der Waals surface area contributed by atoms with E-state index in [1.807, 2.05) is 6.07 Å². The van der Waals surface area contributed by atoms with Gasteiger partial charge in [0.25, 0.3) is 5.91 Å². The van der Waals surface area contributed by atoms with Crippen molar-refractivity contribution in [2.45, 2.75) is 25.3 Å². The van der Waals surface area contributed by atoms with Crippen molar-refractivity contribution in [2.24, 2.45) is 5.92 Å². The fraction of sp³-hybridized carbons (Fsp3) is 0.438. The Hall–Kier alpha value is -2.37. The van der Waals surface area contributed by atoms with Gasteiger partial charge in [-0.3, -0.25) is 9.59 Å². The van der Waals surface area contributed by atoms with Gasteiger partial charge in [0.1, 0.15) is 6.04 Å². The normalized spacial score (nSPS) is 14.8. The lowest BCUT2D eigenvalue weighted by molar-refractivity contribution is -0.145. The van der Waals surface area contributed by atoms with Crippen LogP contribution >= 0.6 is 0 Å². The van der Waals surface area contributed by atoms with Crippen molar-refractivity contribution in [1.29, 1.82) is 0 Å². The molecule has 6 nitrogen and oxygen atoms in total. The van der Waals surface area contributed by atoms with Crippen LogP contribution in [0.5, 0.6) is 0 Å². The number of ether oxygens (including phenoxy) is 1. The van der Waals surface area contributed by atoms with Crippen LogP contribution in [0.15, 0.2) is 30.3 Å². The van der Waals surface area contributed by atoms with Crippen LogP contribution < -0.4 is 10.6 Å². The van der Waals surface area contributed by atoms with Gasteiger partial charge in [0, 0.05) is 5.56 Å². The molecule has 1 aromatic carbocycles. The molecule has 2 amide bonds. The molecule has 1 saturated carbocycles. The van der Waals surface area contributed by atoms with Crippen molar-refractivity contribution in [2.75, 3.05) is 13.7 Å². The molecule has 2 N–H and O–H groups in total. The molecular weight excluding hydrogens is 284 g/mol. The molecule has 1 aromatic rings. The van der Waals surface area contributed by atoms with Gasteiger partial charge in [0.15, 0.2) is 0 Å². The Morgan fingerprint density at radius 3 is 2.50 bits per heavy atom. The van der Waals surface area contributed by atoms with Crippen molar-refractivity contribution in [1.82, 2.24) is 10.6 Å². The van der Waals surface area contributed by atoms with Gasteiger partial charge in [-0.1, -0.05) is 31.0 Å². The minimum absolute atomic E-state index is 0.175. The maximum Gasteiger partial charge on any atom is 0.328 e. The quantitative estimate of drug-likeness (QED) is 0.732. The van der Waals surface area contributed by atoms with Crippen LogP contribution in [0.2, 0.25) is 0 Å². The van der Waals surface area contributed by atoms with Gasteiger partial charge in [0.2, 0.25) is 5.91 Å². The summed E-state index contributed by atoms with van der Waals surface area (Å²) in [6, 6.07) is 7.99. The van der Waals surface area contributed by atoms with Crippen molar-refractivity contribution in [3.8, 4) is 0 Å². The zero-order valence-electron chi connectivity index (χ0n) is 12.5. The molecule has 0 unspecified atom stereocenters. The van der Waals surface area contributed by atoms with Gasteiger partial charge in [-0.2, -0.15) is 0 Å². The number of esters is 1. The first-order chi connectivity index (χ1) is 10.6. The second-order valence-corrected chi connectivity index (χ2v) is 5.37. The number of rotatable bonds is 7. The summed E-state index contributed by atoms with van der Waals surface area (Å²) in [5.74, 6) is -0.703. The SMILES string of the molecule is COC(=O)[C@@H](CC1CC1)NC(=O)CNC(=O)c1ccccc1. The third kappa shape index (κ3) is 4.87. The van der Waals surface area contributed by atoms with E-state index in [-0.39, 0.29) is 12.5 Å². The lowest BCUT2D eigenvalue weighted by atomic mass is 10.1. The van der Waals surface area contributed by atoms with E-state index in [0.717, 1.165) is 12.8 Å². The number of hydrogen-bond donors (Lipinski definition) is 2. The Kier molecular flexibility index (Phi) is 5.52. The highest BCUT2D eigenvalue weighted by molar-refractivity contribution is 5.96. The van der Waals surface area contributed by atoms with Gasteiger partial charge in [-0.05, 0) is 24.5 Å². The maximum atomic E-state index is 11.9. The molecular formula is C16H20N2O4. The molecule has 0 saturated heterocycles. The molecule has 0 spiro atoms.